The first-order valence-corrected chi connectivity index (χ1v) is 13.2. The molecule has 3 heterocycles. The molecule has 0 saturated carbocycles. The lowest BCUT2D eigenvalue weighted by Crippen LogP contribution is -2.63. The molecule has 182 valence electrons. The molecule has 1 aromatic carbocycles. The second-order valence-corrected chi connectivity index (χ2v) is 11.2. The molecule has 1 aromatic rings. The summed E-state index contributed by atoms with van der Waals surface area (Å²) in [6.07, 6.45) is -0.586. The largest absolute Gasteiger partial charge is 0.545 e. The summed E-state index contributed by atoms with van der Waals surface area (Å²) < 4.78 is 23.0. The Bertz CT molecular complexity index is 1130. The zero-order valence-corrected chi connectivity index (χ0v) is 20.3. The first-order chi connectivity index (χ1) is 16.1. The summed E-state index contributed by atoms with van der Waals surface area (Å²) in [6, 6.07) is 5.05. The number of hydrogen-bond donors (Lipinski definition) is 3. The predicted octanol–water partition coefficient (Wildman–Crippen LogP) is 0.694. The summed E-state index contributed by atoms with van der Waals surface area (Å²) in [5, 5.41) is 26.9. The number of aromatic carboxylic acids is 1. The van der Waals surface area contributed by atoms with Crippen LogP contribution in [0.3, 0.4) is 0 Å². The van der Waals surface area contributed by atoms with E-state index in [-0.39, 0.29) is 40.7 Å². The minimum absolute atomic E-state index is 0.0268. The Kier molecular flexibility index (Phi) is 7.00. The van der Waals surface area contributed by atoms with Gasteiger partial charge in [-0.3, -0.25) is 9.59 Å². The molecule has 3 aliphatic heterocycles. The molecule has 3 N–H and O–H groups in total. The maximum atomic E-state index is 12.7. The molecule has 5 unspecified atom stereocenters. The fourth-order valence-electron chi connectivity index (χ4n) is 4.99. The summed E-state index contributed by atoms with van der Waals surface area (Å²) >= 11 is 1.48. The second-order valence-electron chi connectivity index (χ2n) is 8.85. The van der Waals surface area contributed by atoms with Crippen LogP contribution in [0.5, 0.6) is 0 Å². The van der Waals surface area contributed by atoms with Crippen molar-refractivity contribution in [1.82, 2.24) is 10.2 Å². The number of carbonyl (C=O) groups excluding carboxylic acids is 3. The molecule has 0 aliphatic carbocycles. The number of aliphatic hydroxyl groups is 1. The van der Waals surface area contributed by atoms with Crippen molar-refractivity contribution in [2.75, 3.05) is 18.0 Å². The van der Waals surface area contributed by atoms with Crippen molar-refractivity contribution < 1.29 is 33.7 Å². The zero-order chi connectivity index (χ0) is 24.7. The number of carboxylic acid groups (broad SMARTS) is 1. The van der Waals surface area contributed by atoms with Crippen LogP contribution in [0.2, 0.25) is 0 Å². The summed E-state index contributed by atoms with van der Waals surface area (Å²) in [7, 11) is -2.74. The number of fused-ring (bicyclic) bond motifs is 1. The maximum Gasteiger partial charge on any atom is 0.321 e. The van der Waals surface area contributed by atoms with E-state index in [1.165, 1.54) is 34.9 Å². The SMILES string of the molecule is CC(O)C1C(=O)N2C(CP(=O)=O)=C(SC3CN[C@H](C(=O)Nc4cccc(C(=O)[O-])c4)C3)C(C)C12. The van der Waals surface area contributed by atoms with E-state index in [0.717, 1.165) is 4.91 Å². The van der Waals surface area contributed by atoms with Gasteiger partial charge in [0.2, 0.25) is 11.8 Å². The van der Waals surface area contributed by atoms with Crippen LogP contribution in [0.15, 0.2) is 34.9 Å². The third kappa shape index (κ3) is 4.57. The highest BCUT2D eigenvalue weighted by molar-refractivity contribution is 8.03. The number of allylic oxidation sites excluding steroid dienone is 1. The number of anilines is 1. The van der Waals surface area contributed by atoms with E-state index in [2.05, 4.69) is 10.6 Å². The van der Waals surface area contributed by atoms with Crippen molar-refractivity contribution in [2.45, 2.75) is 43.7 Å². The Morgan fingerprint density at radius 2 is 2.12 bits per heavy atom. The molecule has 10 nitrogen and oxygen atoms in total. The van der Waals surface area contributed by atoms with Crippen LogP contribution in [-0.4, -0.2) is 63.9 Å². The van der Waals surface area contributed by atoms with Gasteiger partial charge in [0.05, 0.1) is 36.2 Å². The highest BCUT2D eigenvalue weighted by atomic mass is 32.2. The van der Waals surface area contributed by atoms with Crippen LogP contribution in [0.1, 0.15) is 30.6 Å². The number of nitrogens with zero attached hydrogens (tertiary/aromatic N) is 1. The van der Waals surface area contributed by atoms with Crippen LogP contribution in [0, 0.1) is 11.8 Å². The Morgan fingerprint density at radius 3 is 2.76 bits per heavy atom. The lowest BCUT2D eigenvalue weighted by Gasteiger charge is -2.47. The summed E-state index contributed by atoms with van der Waals surface area (Å²) in [4.78, 5) is 38.7. The predicted molar refractivity (Wildman–Crippen MR) is 122 cm³/mol. The van der Waals surface area contributed by atoms with Gasteiger partial charge in [0.1, 0.15) is 0 Å². The van der Waals surface area contributed by atoms with Crippen LogP contribution in [-0.2, 0) is 18.7 Å². The van der Waals surface area contributed by atoms with Gasteiger partial charge in [-0.1, -0.05) is 19.1 Å². The standard InChI is InChI=1S/C22H26N3O7PS/c1-10-18-17(11(2)26)21(28)25(18)16(9-33(31)32)19(10)34-14-7-15(23-8-14)20(27)24-13-5-3-4-12(6-13)22(29)30/h3-6,10-11,14-15,17-18,23,26H,7-9H2,1-2H3,(H,24,27)(H,29,30)/p-1/t10?,11?,14?,15-,17?,18?/m0/s1. The van der Waals surface area contributed by atoms with Crippen molar-refractivity contribution in [3.63, 3.8) is 0 Å². The lowest BCUT2D eigenvalue weighted by molar-refractivity contribution is -0.255. The monoisotopic (exact) mass is 506 g/mol. The molecule has 0 aromatic heterocycles. The number of carbonyl (C=O) groups is 3. The van der Waals surface area contributed by atoms with Crippen molar-refractivity contribution in [3.05, 3.63) is 40.4 Å². The van der Waals surface area contributed by atoms with Gasteiger partial charge in [-0.15, -0.1) is 11.8 Å². The molecule has 12 heteroatoms. The quantitative estimate of drug-likeness (QED) is 0.341. The number of amides is 2. The minimum atomic E-state index is -2.74. The topological polar surface area (TPSA) is 156 Å². The Balaban J connectivity index is 1.44. The van der Waals surface area contributed by atoms with Gasteiger partial charge in [-0.25, -0.2) is 9.13 Å². The highest BCUT2D eigenvalue weighted by Crippen LogP contribution is 2.52. The van der Waals surface area contributed by atoms with E-state index < -0.39 is 31.7 Å². The second kappa shape index (κ2) is 9.65. The van der Waals surface area contributed by atoms with E-state index in [1.807, 2.05) is 6.92 Å². The molecule has 0 bridgehead atoms. The number of β-lactam (4-membered cyclic amide) rings is 1. The number of carboxylic acids is 1. The van der Waals surface area contributed by atoms with E-state index in [4.69, 9.17) is 0 Å². The van der Waals surface area contributed by atoms with Gasteiger partial charge < -0.3 is 30.5 Å². The minimum Gasteiger partial charge on any atom is -0.545 e. The van der Waals surface area contributed by atoms with Crippen LogP contribution >= 0.6 is 19.4 Å². The number of hydrogen-bond acceptors (Lipinski definition) is 9. The summed E-state index contributed by atoms with van der Waals surface area (Å²) in [5.74, 6) is -2.56. The molecule has 3 aliphatic rings. The van der Waals surface area contributed by atoms with Gasteiger partial charge in [0.25, 0.3) is 0 Å². The van der Waals surface area contributed by atoms with Crippen molar-refractivity contribution in [3.8, 4) is 0 Å². The number of nitrogens with one attached hydrogen (secondary N) is 2. The van der Waals surface area contributed by atoms with E-state index in [1.54, 1.807) is 13.0 Å². The van der Waals surface area contributed by atoms with Crippen LogP contribution < -0.4 is 15.7 Å². The number of rotatable bonds is 8. The number of aliphatic hydroxyl groups excluding tert-OH is 1. The van der Waals surface area contributed by atoms with E-state index >= 15 is 0 Å². The van der Waals surface area contributed by atoms with Crippen LogP contribution in [0.25, 0.3) is 0 Å². The molecule has 6 atom stereocenters. The molecular weight excluding hydrogens is 481 g/mol. The number of thioether (sulfide) groups is 1. The van der Waals surface area contributed by atoms with Crippen molar-refractivity contribution in [1.29, 1.82) is 0 Å². The summed E-state index contributed by atoms with van der Waals surface area (Å²) in [6.45, 7) is 4.01. The number of benzene rings is 1. The van der Waals surface area contributed by atoms with E-state index in [9.17, 15) is 33.7 Å². The Morgan fingerprint density at radius 1 is 1.38 bits per heavy atom. The van der Waals surface area contributed by atoms with Gasteiger partial charge in [-0.05, 0) is 31.0 Å². The van der Waals surface area contributed by atoms with Gasteiger partial charge >= 0.3 is 7.68 Å². The fourth-order valence-corrected chi connectivity index (χ4v) is 7.15. The first kappa shape index (κ1) is 24.7. The highest BCUT2D eigenvalue weighted by Gasteiger charge is 2.58. The fraction of sp³-hybridized carbons (Fsp3) is 0.500. The van der Waals surface area contributed by atoms with Crippen molar-refractivity contribution in [2.24, 2.45) is 11.8 Å². The van der Waals surface area contributed by atoms with Gasteiger partial charge in [0, 0.05) is 34.0 Å². The van der Waals surface area contributed by atoms with Gasteiger partial charge in [0.15, 0.2) is 0 Å². The molecule has 0 spiro atoms. The summed E-state index contributed by atoms with van der Waals surface area (Å²) in [5.41, 5.74) is 0.796. The normalized spacial score (nSPS) is 29.0. The smallest absolute Gasteiger partial charge is 0.321 e. The average molecular weight is 506 g/mol. The first-order valence-electron chi connectivity index (χ1n) is 11.0. The average Bonchev–Trinajstić information content (AvgIpc) is 3.30. The Labute approximate surface area is 201 Å². The van der Waals surface area contributed by atoms with Gasteiger partial charge in [-0.2, -0.15) is 0 Å². The molecule has 34 heavy (non-hydrogen) atoms. The van der Waals surface area contributed by atoms with Crippen molar-refractivity contribution >= 4 is 42.9 Å². The van der Waals surface area contributed by atoms with E-state index in [0.29, 0.717) is 24.4 Å². The molecule has 4 rings (SSSR count). The lowest BCUT2D eigenvalue weighted by atomic mass is 9.79. The Hall–Kier alpha value is -2.46. The zero-order valence-electron chi connectivity index (χ0n) is 18.6. The molecule has 2 saturated heterocycles. The van der Waals surface area contributed by atoms with Crippen LogP contribution in [0.4, 0.5) is 5.69 Å². The molecule has 2 fully saturated rings. The molecule has 2 amide bonds. The maximum absolute atomic E-state index is 12.7. The molecular formula is C22H25N3O7PS-. The third-order valence-electron chi connectivity index (χ3n) is 6.55. The molecule has 0 radical (unpaired) electrons. The third-order valence-corrected chi connectivity index (χ3v) is 8.67.